The third kappa shape index (κ3) is 6.02. The normalized spacial score (nSPS) is 10.1. The van der Waals surface area contributed by atoms with Gasteiger partial charge < -0.3 is 15.4 Å². The van der Waals surface area contributed by atoms with Crippen LogP contribution in [0.1, 0.15) is 10.4 Å². The fraction of sp³-hybridized carbons (Fsp3) is 0.118. The summed E-state index contributed by atoms with van der Waals surface area (Å²) >= 11 is 11.6. The topological polar surface area (TPSA) is 84.5 Å². The predicted octanol–water partition coefficient (Wildman–Crippen LogP) is 3.04. The van der Waals surface area contributed by atoms with Gasteiger partial charge in [0, 0.05) is 10.7 Å². The van der Waals surface area contributed by atoms with Gasteiger partial charge in [-0.2, -0.15) is 0 Å². The number of nitrogens with one attached hydrogen (secondary N) is 2. The number of benzene rings is 2. The summed E-state index contributed by atoms with van der Waals surface area (Å²) in [6.45, 7) is -1.03. The number of esters is 1. The number of amides is 2. The smallest absolute Gasteiger partial charge is 0.325 e. The van der Waals surface area contributed by atoms with E-state index in [4.69, 9.17) is 27.9 Å². The van der Waals surface area contributed by atoms with E-state index in [0.29, 0.717) is 5.02 Å². The molecule has 2 N–H and O–H groups in total. The number of ether oxygens (including phenoxy) is 1. The highest BCUT2D eigenvalue weighted by Crippen LogP contribution is 2.20. The molecule has 2 rings (SSSR count). The Labute approximate surface area is 158 Å². The Hall–Kier alpha value is -2.64. The zero-order valence-corrected chi connectivity index (χ0v) is 14.7. The minimum absolute atomic E-state index is 0.137. The molecule has 0 saturated heterocycles. The van der Waals surface area contributed by atoms with E-state index in [-0.39, 0.29) is 16.3 Å². The summed E-state index contributed by atoms with van der Waals surface area (Å²) in [7, 11) is 0. The molecule has 0 unspecified atom stereocenters. The van der Waals surface area contributed by atoms with Crippen molar-refractivity contribution in [2.45, 2.75) is 0 Å². The van der Waals surface area contributed by atoms with Gasteiger partial charge in [-0.3, -0.25) is 14.4 Å². The first kappa shape index (κ1) is 19.7. The van der Waals surface area contributed by atoms with Crippen molar-refractivity contribution in [1.82, 2.24) is 5.32 Å². The van der Waals surface area contributed by atoms with Crippen LogP contribution in [-0.4, -0.2) is 30.9 Å². The van der Waals surface area contributed by atoms with Crippen LogP contribution in [0.3, 0.4) is 0 Å². The molecule has 0 aliphatic rings. The molecule has 0 aliphatic heterocycles. The quantitative estimate of drug-likeness (QED) is 0.732. The Bertz CT molecular complexity index is 845. The monoisotopic (exact) mass is 398 g/mol. The summed E-state index contributed by atoms with van der Waals surface area (Å²) in [5.41, 5.74) is 0.379. The van der Waals surface area contributed by atoms with Gasteiger partial charge in [-0.05, 0) is 36.4 Å². The second kappa shape index (κ2) is 9.17. The van der Waals surface area contributed by atoms with Gasteiger partial charge in [0.2, 0.25) is 0 Å². The number of rotatable bonds is 6. The summed E-state index contributed by atoms with van der Waals surface area (Å²) in [5.74, 6) is -2.56. The molecule has 0 heterocycles. The van der Waals surface area contributed by atoms with Crippen molar-refractivity contribution >= 4 is 46.7 Å². The molecule has 2 aromatic carbocycles. The first-order chi connectivity index (χ1) is 12.3. The molecule has 0 radical (unpaired) electrons. The lowest BCUT2D eigenvalue weighted by molar-refractivity contribution is -0.146. The molecule has 2 amide bonds. The summed E-state index contributed by atoms with van der Waals surface area (Å²) in [5, 5.41) is 5.19. The Kier molecular flexibility index (Phi) is 6.94. The highest BCUT2D eigenvalue weighted by atomic mass is 35.5. The summed E-state index contributed by atoms with van der Waals surface area (Å²) in [6.07, 6.45) is 0. The zero-order valence-electron chi connectivity index (χ0n) is 13.2. The molecule has 0 aliphatic carbocycles. The molecular formula is C17H13Cl2FN2O4. The summed E-state index contributed by atoms with van der Waals surface area (Å²) in [6, 6.07) is 9.55. The number of hydrogen-bond acceptors (Lipinski definition) is 4. The average Bonchev–Trinajstić information content (AvgIpc) is 2.58. The van der Waals surface area contributed by atoms with Gasteiger partial charge in [-0.1, -0.05) is 29.3 Å². The number of anilines is 1. The maximum Gasteiger partial charge on any atom is 0.325 e. The van der Waals surface area contributed by atoms with Crippen LogP contribution in [0.4, 0.5) is 10.1 Å². The standard InChI is InChI=1S/C17H13Cl2FN2O4/c18-10-4-5-13(14(19)6-10)17(25)21-8-16(24)26-9-15(23)22-12-3-1-2-11(20)7-12/h1-7H,8-9H2,(H,21,25)(H,22,23). The van der Waals surface area contributed by atoms with E-state index in [1.54, 1.807) is 0 Å². The zero-order chi connectivity index (χ0) is 19.1. The van der Waals surface area contributed by atoms with Gasteiger partial charge in [0.1, 0.15) is 12.4 Å². The van der Waals surface area contributed by atoms with Crippen LogP contribution in [0.5, 0.6) is 0 Å². The third-order valence-electron chi connectivity index (χ3n) is 3.04. The molecule has 0 spiro atoms. The first-order valence-corrected chi connectivity index (χ1v) is 8.05. The molecule has 136 valence electrons. The Morgan fingerprint density at radius 3 is 2.54 bits per heavy atom. The van der Waals surface area contributed by atoms with Crippen LogP contribution in [0, 0.1) is 5.82 Å². The van der Waals surface area contributed by atoms with Crippen LogP contribution >= 0.6 is 23.2 Å². The molecule has 0 bridgehead atoms. The third-order valence-corrected chi connectivity index (χ3v) is 3.59. The van der Waals surface area contributed by atoms with Crippen molar-refractivity contribution in [2.75, 3.05) is 18.5 Å². The molecule has 26 heavy (non-hydrogen) atoms. The van der Waals surface area contributed by atoms with Crippen molar-refractivity contribution in [2.24, 2.45) is 0 Å². The van der Waals surface area contributed by atoms with Crippen LogP contribution in [0.2, 0.25) is 10.0 Å². The second-order valence-electron chi connectivity index (χ2n) is 5.03. The minimum Gasteiger partial charge on any atom is -0.454 e. The molecule has 0 aromatic heterocycles. The van der Waals surface area contributed by atoms with Crippen molar-refractivity contribution in [3.8, 4) is 0 Å². The highest BCUT2D eigenvalue weighted by molar-refractivity contribution is 6.36. The van der Waals surface area contributed by atoms with Gasteiger partial charge in [-0.15, -0.1) is 0 Å². The molecular weight excluding hydrogens is 386 g/mol. The molecule has 6 nitrogen and oxygen atoms in total. The van der Waals surface area contributed by atoms with Crippen molar-refractivity contribution in [3.05, 3.63) is 63.9 Å². The highest BCUT2D eigenvalue weighted by Gasteiger charge is 2.13. The molecule has 0 fully saturated rings. The Morgan fingerprint density at radius 2 is 1.85 bits per heavy atom. The Morgan fingerprint density at radius 1 is 1.08 bits per heavy atom. The van der Waals surface area contributed by atoms with E-state index >= 15 is 0 Å². The van der Waals surface area contributed by atoms with Crippen LogP contribution in [0.25, 0.3) is 0 Å². The van der Waals surface area contributed by atoms with Crippen LogP contribution < -0.4 is 10.6 Å². The lowest BCUT2D eigenvalue weighted by atomic mass is 10.2. The largest absolute Gasteiger partial charge is 0.454 e. The van der Waals surface area contributed by atoms with Crippen molar-refractivity contribution in [3.63, 3.8) is 0 Å². The molecule has 0 atom stereocenters. The first-order valence-electron chi connectivity index (χ1n) is 7.29. The van der Waals surface area contributed by atoms with Gasteiger partial charge in [0.15, 0.2) is 6.61 Å². The van der Waals surface area contributed by atoms with Crippen molar-refractivity contribution < 1.29 is 23.5 Å². The van der Waals surface area contributed by atoms with Crippen LogP contribution in [-0.2, 0) is 14.3 Å². The van der Waals surface area contributed by atoms with E-state index in [9.17, 15) is 18.8 Å². The SMILES string of the molecule is O=C(COC(=O)CNC(=O)c1ccc(Cl)cc1Cl)Nc1cccc(F)c1. The van der Waals surface area contributed by atoms with E-state index in [1.165, 1.54) is 36.4 Å². The fourth-order valence-corrected chi connectivity index (χ4v) is 2.38. The Balaban J connectivity index is 1.76. The summed E-state index contributed by atoms with van der Waals surface area (Å²) in [4.78, 5) is 35.2. The number of carbonyl (C=O) groups excluding carboxylic acids is 3. The number of carbonyl (C=O) groups is 3. The van der Waals surface area contributed by atoms with Gasteiger partial charge in [0.05, 0.1) is 10.6 Å². The second-order valence-corrected chi connectivity index (χ2v) is 5.87. The number of halogens is 3. The minimum atomic E-state index is -0.821. The molecule has 2 aromatic rings. The van der Waals surface area contributed by atoms with Crippen LogP contribution in [0.15, 0.2) is 42.5 Å². The average molecular weight is 399 g/mol. The fourth-order valence-electron chi connectivity index (χ4n) is 1.88. The molecule has 0 saturated carbocycles. The number of hydrogen-bond donors (Lipinski definition) is 2. The van der Waals surface area contributed by atoms with Crippen molar-refractivity contribution in [1.29, 1.82) is 0 Å². The maximum atomic E-state index is 13.0. The molecule has 9 heteroatoms. The lowest BCUT2D eigenvalue weighted by Crippen LogP contribution is -2.32. The van der Waals surface area contributed by atoms with Gasteiger partial charge in [0.25, 0.3) is 11.8 Å². The summed E-state index contributed by atoms with van der Waals surface area (Å²) < 4.78 is 17.7. The maximum absolute atomic E-state index is 13.0. The van der Waals surface area contributed by atoms with E-state index in [2.05, 4.69) is 10.6 Å². The van der Waals surface area contributed by atoms with E-state index < -0.39 is 36.8 Å². The lowest BCUT2D eigenvalue weighted by Gasteiger charge is -2.08. The predicted molar refractivity (Wildman–Crippen MR) is 94.8 cm³/mol. The van der Waals surface area contributed by atoms with Gasteiger partial charge in [-0.25, -0.2) is 4.39 Å². The van der Waals surface area contributed by atoms with E-state index in [0.717, 1.165) is 6.07 Å². The van der Waals surface area contributed by atoms with Gasteiger partial charge >= 0.3 is 5.97 Å². The van der Waals surface area contributed by atoms with E-state index in [1.807, 2.05) is 0 Å².